The summed E-state index contributed by atoms with van der Waals surface area (Å²) in [7, 11) is -2.24. The van der Waals surface area contributed by atoms with E-state index in [1.54, 1.807) is 7.11 Å². The normalized spacial score (nSPS) is 12.8. The fraction of sp³-hybridized carbons (Fsp3) is 0.562. The third-order valence-corrected chi connectivity index (χ3v) is 4.77. The van der Waals surface area contributed by atoms with Crippen LogP contribution in [-0.2, 0) is 19.5 Å². The van der Waals surface area contributed by atoms with Gasteiger partial charge in [0.05, 0.1) is 17.1 Å². The number of carbonyl (C=O) groups is 1. The minimum Gasteiger partial charge on any atom is -0.478 e. The van der Waals surface area contributed by atoms with Crippen molar-refractivity contribution in [2.45, 2.75) is 31.2 Å². The van der Waals surface area contributed by atoms with Crippen molar-refractivity contribution >= 4 is 21.7 Å². The molecule has 0 saturated carbocycles. The molecule has 9 heteroatoms. The summed E-state index contributed by atoms with van der Waals surface area (Å²) < 4.78 is 37.2. The molecule has 0 bridgehead atoms. The molecule has 8 nitrogen and oxygen atoms in total. The summed E-state index contributed by atoms with van der Waals surface area (Å²) in [6.45, 7) is 5.33. The summed E-state index contributed by atoms with van der Waals surface area (Å²) in [6.07, 6.45) is 0.535. The van der Waals surface area contributed by atoms with Gasteiger partial charge < -0.3 is 19.9 Å². The molecule has 0 aliphatic rings. The zero-order valence-electron chi connectivity index (χ0n) is 14.7. The predicted octanol–water partition coefficient (Wildman–Crippen LogP) is 1.54. The molecule has 1 aromatic rings. The monoisotopic (exact) mass is 374 g/mol. The molecule has 1 aromatic carbocycles. The highest BCUT2D eigenvalue weighted by molar-refractivity contribution is 7.89. The number of aromatic carboxylic acids is 1. The molecule has 0 saturated heterocycles. The lowest BCUT2D eigenvalue weighted by atomic mass is 10.1. The van der Waals surface area contributed by atoms with Gasteiger partial charge in [-0.1, -0.05) is 0 Å². The number of anilines is 1. The smallest absolute Gasteiger partial charge is 0.337 e. The molecule has 3 N–H and O–H groups in total. The van der Waals surface area contributed by atoms with Crippen LogP contribution in [0.25, 0.3) is 0 Å². The Morgan fingerprint density at radius 3 is 2.68 bits per heavy atom. The average Bonchev–Trinajstić information content (AvgIpc) is 2.54. The summed E-state index contributed by atoms with van der Waals surface area (Å²) >= 11 is 0. The quantitative estimate of drug-likeness (QED) is 0.475. The largest absolute Gasteiger partial charge is 0.478 e. The zero-order valence-corrected chi connectivity index (χ0v) is 15.6. The van der Waals surface area contributed by atoms with E-state index < -0.39 is 16.0 Å². The van der Waals surface area contributed by atoms with Gasteiger partial charge in [-0.2, -0.15) is 0 Å². The van der Waals surface area contributed by atoms with Gasteiger partial charge in [0.25, 0.3) is 0 Å². The number of hydrogen-bond acceptors (Lipinski definition) is 6. The zero-order chi connectivity index (χ0) is 18.9. The van der Waals surface area contributed by atoms with E-state index in [0.29, 0.717) is 31.9 Å². The first kappa shape index (κ1) is 21.4. The second-order valence-corrected chi connectivity index (χ2v) is 7.23. The van der Waals surface area contributed by atoms with Gasteiger partial charge in [-0.15, -0.1) is 0 Å². The highest BCUT2D eigenvalue weighted by Gasteiger charge is 2.19. The van der Waals surface area contributed by atoms with Gasteiger partial charge in [0.15, 0.2) is 0 Å². The molecule has 25 heavy (non-hydrogen) atoms. The van der Waals surface area contributed by atoms with Crippen molar-refractivity contribution in [3.63, 3.8) is 0 Å². The SMILES string of the molecule is CCOCCCNS(=O)(=O)c1ccc(NC(C)COC)c(C(=O)O)c1. The van der Waals surface area contributed by atoms with Crippen LogP contribution in [-0.4, -0.2) is 59.0 Å². The molecule has 0 heterocycles. The first-order chi connectivity index (χ1) is 11.8. The number of methoxy groups -OCH3 is 1. The molecular formula is C16H26N2O6S. The fourth-order valence-electron chi connectivity index (χ4n) is 2.16. The van der Waals surface area contributed by atoms with Gasteiger partial charge in [-0.3, -0.25) is 0 Å². The molecule has 0 aliphatic carbocycles. The van der Waals surface area contributed by atoms with Crippen LogP contribution in [0.4, 0.5) is 5.69 Å². The number of benzene rings is 1. The van der Waals surface area contributed by atoms with Crippen molar-refractivity contribution in [2.24, 2.45) is 0 Å². The van der Waals surface area contributed by atoms with Crippen LogP contribution in [0.15, 0.2) is 23.1 Å². The molecule has 1 rings (SSSR count). The molecule has 0 amide bonds. The summed E-state index contributed by atoms with van der Waals surface area (Å²) in [6, 6.07) is 3.85. The van der Waals surface area contributed by atoms with Gasteiger partial charge >= 0.3 is 5.97 Å². The van der Waals surface area contributed by atoms with Crippen molar-refractivity contribution in [1.82, 2.24) is 4.72 Å². The van der Waals surface area contributed by atoms with E-state index in [1.165, 1.54) is 12.1 Å². The summed E-state index contributed by atoms with van der Waals surface area (Å²) in [5.41, 5.74) is 0.229. The Hall–Kier alpha value is -1.68. The molecule has 1 atom stereocenters. The highest BCUT2D eigenvalue weighted by Crippen LogP contribution is 2.21. The van der Waals surface area contributed by atoms with Crippen LogP contribution < -0.4 is 10.0 Å². The highest BCUT2D eigenvalue weighted by atomic mass is 32.2. The molecule has 142 valence electrons. The summed E-state index contributed by atoms with van der Waals surface area (Å²) in [4.78, 5) is 11.4. The maximum Gasteiger partial charge on any atom is 0.337 e. The van der Waals surface area contributed by atoms with Crippen LogP contribution in [0.2, 0.25) is 0 Å². The molecule has 1 unspecified atom stereocenters. The number of rotatable bonds is 12. The molecular weight excluding hydrogens is 348 g/mol. The minimum absolute atomic E-state index is 0.0914. The number of hydrogen-bond donors (Lipinski definition) is 3. The van der Waals surface area contributed by atoms with Crippen molar-refractivity contribution in [1.29, 1.82) is 0 Å². The van der Waals surface area contributed by atoms with E-state index in [1.807, 2.05) is 13.8 Å². The predicted molar refractivity (Wildman–Crippen MR) is 94.7 cm³/mol. The van der Waals surface area contributed by atoms with Gasteiger partial charge in [-0.05, 0) is 38.5 Å². The lowest BCUT2D eigenvalue weighted by Crippen LogP contribution is -2.26. The van der Waals surface area contributed by atoms with Gasteiger partial charge in [-0.25, -0.2) is 17.9 Å². The molecule has 0 aliphatic heterocycles. The summed E-state index contributed by atoms with van der Waals surface area (Å²) in [5.74, 6) is -1.21. The molecule has 0 aromatic heterocycles. The van der Waals surface area contributed by atoms with E-state index >= 15 is 0 Å². The van der Waals surface area contributed by atoms with Crippen molar-refractivity contribution in [2.75, 3.05) is 38.8 Å². The van der Waals surface area contributed by atoms with E-state index in [4.69, 9.17) is 9.47 Å². The third kappa shape index (κ3) is 6.99. The second kappa shape index (κ2) is 10.3. The lowest BCUT2D eigenvalue weighted by Gasteiger charge is -2.17. The van der Waals surface area contributed by atoms with Crippen molar-refractivity contribution in [3.05, 3.63) is 23.8 Å². The van der Waals surface area contributed by atoms with Crippen LogP contribution in [0.5, 0.6) is 0 Å². The summed E-state index contributed by atoms with van der Waals surface area (Å²) in [5, 5.41) is 12.4. The topological polar surface area (TPSA) is 114 Å². The Bertz CT molecular complexity index is 663. The average molecular weight is 374 g/mol. The van der Waals surface area contributed by atoms with E-state index in [9.17, 15) is 18.3 Å². The first-order valence-corrected chi connectivity index (χ1v) is 9.50. The van der Waals surface area contributed by atoms with Gasteiger partial charge in [0, 0.05) is 38.6 Å². The second-order valence-electron chi connectivity index (χ2n) is 5.46. The van der Waals surface area contributed by atoms with Crippen LogP contribution in [0.1, 0.15) is 30.6 Å². The van der Waals surface area contributed by atoms with Crippen molar-refractivity contribution in [3.8, 4) is 0 Å². The number of sulfonamides is 1. The van der Waals surface area contributed by atoms with E-state index in [2.05, 4.69) is 10.0 Å². The molecule has 0 fully saturated rings. The van der Waals surface area contributed by atoms with E-state index in [-0.39, 0.29) is 23.0 Å². The van der Waals surface area contributed by atoms with Crippen molar-refractivity contribution < 1.29 is 27.8 Å². The number of carboxylic acid groups (broad SMARTS) is 1. The molecule has 0 radical (unpaired) electrons. The third-order valence-electron chi connectivity index (χ3n) is 3.31. The Morgan fingerprint density at radius 1 is 1.36 bits per heavy atom. The van der Waals surface area contributed by atoms with Crippen LogP contribution >= 0.6 is 0 Å². The van der Waals surface area contributed by atoms with Gasteiger partial charge in [0.2, 0.25) is 10.0 Å². The first-order valence-electron chi connectivity index (χ1n) is 8.02. The Morgan fingerprint density at radius 2 is 2.08 bits per heavy atom. The Labute approximate surface area is 148 Å². The van der Waals surface area contributed by atoms with Gasteiger partial charge in [0.1, 0.15) is 0 Å². The lowest BCUT2D eigenvalue weighted by molar-refractivity contribution is 0.0697. The number of ether oxygens (including phenoxy) is 2. The van der Waals surface area contributed by atoms with Crippen LogP contribution in [0.3, 0.4) is 0 Å². The number of nitrogens with one attached hydrogen (secondary N) is 2. The number of carboxylic acids is 1. The minimum atomic E-state index is -3.78. The molecule has 0 spiro atoms. The maximum absolute atomic E-state index is 12.3. The Balaban J connectivity index is 2.90. The fourth-order valence-corrected chi connectivity index (χ4v) is 3.26. The Kier molecular flexibility index (Phi) is 8.84. The van der Waals surface area contributed by atoms with E-state index in [0.717, 1.165) is 6.07 Å². The maximum atomic E-state index is 12.3. The van der Waals surface area contributed by atoms with Crippen LogP contribution in [0, 0.1) is 0 Å². The standard InChI is InChI=1S/C16H26N2O6S/c1-4-24-9-5-8-17-25(21,22)13-6-7-15(14(10-13)16(19)20)18-12(2)11-23-3/h6-7,10,12,17-18H,4-5,8-9,11H2,1-3H3,(H,19,20).